The first-order valence-electron chi connectivity index (χ1n) is 8.39. The number of carbonyl (C=O) groups excluding carboxylic acids is 1. The topological polar surface area (TPSA) is 63.2 Å². The molecule has 0 aliphatic rings. The van der Waals surface area contributed by atoms with Gasteiger partial charge < -0.3 is 15.4 Å². The largest absolute Gasteiger partial charge is 0.495 e. The lowest BCUT2D eigenvalue weighted by molar-refractivity contribution is 0.0954. The van der Waals surface area contributed by atoms with E-state index in [1.807, 2.05) is 56.3 Å². The summed E-state index contributed by atoms with van der Waals surface area (Å²) in [6, 6.07) is 13.3. The van der Waals surface area contributed by atoms with Gasteiger partial charge in [-0.15, -0.1) is 0 Å². The van der Waals surface area contributed by atoms with Crippen LogP contribution in [-0.4, -0.2) is 18.0 Å². The Morgan fingerprint density at radius 3 is 2.70 bits per heavy atom. The molecule has 0 radical (unpaired) electrons. The van der Waals surface area contributed by atoms with Crippen LogP contribution < -0.4 is 15.4 Å². The summed E-state index contributed by atoms with van der Waals surface area (Å²) in [6.45, 7) is 4.16. The van der Waals surface area contributed by atoms with E-state index in [0.29, 0.717) is 33.0 Å². The molecule has 7 heteroatoms. The van der Waals surface area contributed by atoms with Crippen molar-refractivity contribution < 1.29 is 9.53 Å². The minimum Gasteiger partial charge on any atom is -0.495 e. The van der Waals surface area contributed by atoms with E-state index in [2.05, 4.69) is 15.6 Å². The van der Waals surface area contributed by atoms with Crippen molar-refractivity contribution in [1.29, 1.82) is 0 Å². The van der Waals surface area contributed by atoms with E-state index in [1.54, 1.807) is 7.11 Å². The fourth-order valence-corrected chi connectivity index (χ4v) is 3.85. The summed E-state index contributed by atoms with van der Waals surface area (Å²) in [4.78, 5) is 17.6. The molecule has 0 saturated carbocycles. The summed E-state index contributed by atoms with van der Waals surface area (Å²) < 4.78 is 5.33. The van der Waals surface area contributed by atoms with E-state index in [0.717, 1.165) is 16.8 Å². The van der Waals surface area contributed by atoms with Gasteiger partial charge in [-0.3, -0.25) is 4.79 Å². The van der Waals surface area contributed by atoms with Crippen LogP contribution >= 0.6 is 22.9 Å². The number of amides is 1. The van der Waals surface area contributed by atoms with E-state index in [4.69, 9.17) is 16.3 Å². The summed E-state index contributed by atoms with van der Waals surface area (Å²) in [7, 11) is 1.61. The summed E-state index contributed by atoms with van der Waals surface area (Å²) in [5.74, 6) is 0.544. The second-order valence-corrected chi connectivity index (χ2v) is 7.38. The molecule has 3 aromatic rings. The Hall–Kier alpha value is -2.57. The molecule has 0 unspecified atom stereocenters. The van der Waals surface area contributed by atoms with Crippen LogP contribution in [0.1, 0.15) is 26.5 Å². The Labute approximate surface area is 167 Å². The van der Waals surface area contributed by atoms with Gasteiger partial charge in [-0.1, -0.05) is 47.2 Å². The number of nitrogens with zero attached hydrogens (tertiary/aromatic N) is 1. The maximum Gasteiger partial charge on any atom is 0.263 e. The molecule has 2 N–H and O–H groups in total. The number of benzene rings is 2. The second kappa shape index (κ2) is 8.41. The highest BCUT2D eigenvalue weighted by Gasteiger charge is 2.17. The lowest BCUT2D eigenvalue weighted by Crippen LogP contribution is -2.23. The number of aromatic nitrogens is 1. The van der Waals surface area contributed by atoms with Gasteiger partial charge in [-0.05, 0) is 43.2 Å². The van der Waals surface area contributed by atoms with Crippen LogP contribution in [0.15, 0.2) is 42.5 Å². The number of para-hydroxylation sites is 2. The molecule has 0 spiro atoms. The van der Waals surface area contributed by atoms with Gasteiger partial charge in [-0.2, -0.15) is 0 Å². The molecule has 1 aromatic heterocycles. The minimum absolute atomic E-state index is 0.169. The van der Waals surface area contributed by atoms with E-state index in [1.165, 1.54) is 11.3 Å². The van der Waals surface area contributed by atoms with Gasteiger partial charge in [0, 0.05) is 11.6 Å². The second-order valence-electron chi connectivity index (χ2n) is 5.98. The monoisotopic (exact) mass is 401 g/mol. The number of nitrogens with one attached hydrogen (secondary N) is 2. The number of anilines is 2. The van der Waals surface area contributed by atoms with Gasteiger partial charge in [0.15, 0.2) is 5.13 Å². The van der Waals surface area contributed by atoms with E-state index >= 15 is 0 Å². The van der Waals surface area contributed by atoms with Crippen LogP contribution in [0.3, 0.4) is 0 Å². The Balaban J connectivity index is 1.73. The van der Waals surface area contributed by atoms with E-state index in [-0.39, 0.29) is 5.91 Å². The Bertz CT molecular complexity index is 951. The van der Waals surface area contributed by atoms with Gasteiger partial charge in [0.05, 0.1) is 18.5 Å². The zero-order valence-corrected chi connectivity index (χ0v) is 16.9. The molecule has 3 rings (SSSR count). The average molecular weight is 402 g/mol. The molecule has 0 aliphatic carbocycles. The molecule has 140 valence electrons. The molecule has 1 heterocycles. The predicted molar refractivity (Wildman–Crippen MR) is 110 cm³/mol. The Morgan fingerprint density at radius 1 is 1.19 bits per heavy atom. The zero-order valence-electron chi connectivity index (χ0n) is 15.3. The lowest BCUT2D eigenvalue weighted by Gasteiger charge is -2.09. The molecular formula is C20H20ClN3O2S. The number of methoxy groups -OCH3 is 1. The van der Waals surface area contributed by atoms with Crippen molar-refractivity contribution in [3.05, 3.63) is 69.2 Å². The van der Waals surface area contributed by atoms with Crippen LogP contribution in [0.4, 0.5) is 10.8 Å². The van der Waals surface area contributed by atoms with Crippen LogP contribution in [-0.2, 0) is 6.54 Å². The van der Waals surface area contributed by atoms with E-state index < -0.39 is 0 Å². The molecule has 0 bridgehead atoms. The number of ether oxygens (including phenoxy) is 1. The van der Waals surface area contributed by atoms with Crippen molar-refractivity contribution in [2.24, 2.45) is 0 Å². The minimum atomic E-state index is -0.169. The molecule has 0 aliphatic heterocycles. The summed E-state index contributed by atoms with van der Waals surface area (Å²) in [5.41, 5.74) is 3.43. The van der Waals surface area contributed by atoms with Crippen molar-refractivity contribution in [3.63, 3.8) is 0 Å². The van der Waals surface area contributed by atoms with Crippen LogP contribution in [0.5, 0.6) is 5.75 Å². The molecular weight excluding hydrogens is 382 g/mol. The third-order valence-electron chi connectivity index (χ3n) is 4.13. The predicted octanol–water partition coefficient (Wildman–Crippen LogP) is 5.10. The molecule has 0 atom stereocenters. The maximum atomic E-state index is 12.6. The average Bonchev–Trinajstić information content (AvgIpc) is 3.02. The van der Waals surface area contributed by atoms with Crippen molar-refractivity contribution in [1.82, 2.24) is 10.3 Å². The fraction of sp³-hybridized carbons (Fsp3) is 0.200. The Kier molecular flexibility index (Phi) is 5.98. The molecule has 1 amide bonds. The highest BCUT2D eigenvalue weighted by Crippen LogP contribution is 2.30. The number of halogens is 1. The number of thiazole rings is 1. The molecule has 0 saturated heterocycles. The van der Waals surface area contributed by atoms with Crippen molar-refractivity contribution in [3.8, 4) is 5.75 Å². The van der Waals surface area contributed by atoms with Crippen LogP contribution in [0, 0.1) is 13.8 Å². The van der Waals surface area contributed by atoms with Gasteiger partial charge in [0.25, 0.3) is 5.91 Å². The van der Waals surface area contributed by atoms with Gasteiger partial charge in [-0.25, -0.2) is 4.98 Å². The van der Waals surface area contributed by atoms with E-state index in [9.17, 15) is 4.79 Å². The highest BCUT2D eigenvalue weighted by molar-refractivity contribution is 7.17. The third kappa shape index (κ3) is 4.40. The van der Waals surface area contributed by atoms with Gasteiger partial charge in [0.2, 0.25) is 0 Å². The molecule has 5 nitrogen and oxygen atoms in total. The first-order chi connectivity index (χ1) is 13.0. The summed E-state index contributed by atoms with van der Waals surface area (Å²) in [6.07, 6.45) is 0. The third-order valence-corrected chi connectivity index (χ3v) is 5.56. The number of hydrogen-bond donors (Lipinski definition) is 2. The molecule has 27 heavy (non-hydrogen) atoms. The first kappa shape index (κ1) is 19.2. The van der Waals surface area contributed by atoms with Crippen LogP contribution in [0.2, 0.25) is 5.02 Å². The highest BCUT2D eigenvalue weighted by atomic mass is 35.5. The molecule has 2 aromatic carbocycles. The first-order valence-corrected chi connectivity index (χ1v) is 9.58. The fourth-order valence-electron chi connectivity index (χ4n) is 2.66. The Morgan fingerprint density at radius 2 is 1.96 bits per heavy atom. The maximum absolute atomic E-state index is 12.6. The SMILES string of the molecule is COc1ccccc1Nc1nc(C)c(C(=O)NCc2c(C)cccc2Cl)s1. The normalized spacial score (nSPS) is 10.5. The standard InChI is InChI=1S/C20H20ClN3O2S/c1-12-7-6-8-15(21)14(12)11-22-19(25)18-13(2)23-20(27-18)24-16-9-4-5-10-17(16)26-3/h4-10H,11H2,1-3H3,(H,22,25)(H,23,24). The number of hydrogen-bond acceptors (Lipinski definition) is 5. The summed E-state index contributed by atoms with van der Waals surface area (Å²) >= 11 is 7.53. The van der Waals surface area contributed by atoms with Crippen molar-refractivity contribution in [2.75, 3.05) is 12.4 Å². The van der Waals surface area contributed by atoms with Gasteiger partial charge in [0.1, 0.15) is 10.6 Å². The summed E-state index contributed by atoms with van der Waals surface area (Å²) in [5, 5.41) is 7.43. The molecule has 0 fully saturated rings. The quantitative estimate of drug-likeness (QED) is 0.603. The van der Waals surface area contributed by atoms with Crippen LogP contribution in [0.25, 0.3) is 0 Å². The lowest BCUT2D eigenvalue weighted by atomic mass is 10.1. The van der Waals surface area contributed by atoms with Gasteiger partial charge >= 0.3 is 0 Å². The smallest absolute Gasteiger partial charge is 0.263 e. The number of aryl methyl sites for hydroxylation is 2. The van der Waals surface area contributed by atoms with Crippen molar-refractivity contribution in [2.45, 2.75) is 20.4 Å². The zero-order chi connectivity index (χ0) is 19.4. The van der Waals surface area contributed by atoms with Crippen molar-refractivity contribution >= 4 is 39.7 Å². The number of rotatable bonds is 6. The number of carbonyl (C=O) groups is 1.